The highest BCUT2D eigenvalue weighted by atomic mass is 16.6. The molecule has 3 N–H and O–H groups in total. The van der Waals surface area contributed by atoms with Gasteiger partial charge in [0.2, 0.25) is 11.8 Å². The second kappa shape index (κ2) is 4.30. The van der Waals surface area contributed by atoms with E-state index in [2.05, 4.69) is 15.3 Å². The van der Waals surface area contributed by atoms with Gasteiger partial charge in [-0.25, -0.2) is 4.98 Å². The van der Waals surface area contributed by atoms with Crippen molar-refractivity contribution >= 4 is 17.5 Å². The SMILES string of the molecule is Nc1ncc([N+](=O)[O-])c(NC2CCCC2)n1. The highest BCUT2D eigenvalue weighted by Crippen LogP contribution is 2.26. The van der Waals surface area contributed by atoms with Crippen molar-refractivity contribution in [2.75, 3.05) is 11.1 Å². The van der Waals surface area contributed by atoms with Crippen molar-refractivity contribution in [1.29, 1.82) is 0 Å². The minimum atomic E-state index is -0.503. The van der Waals surface area contributed by atoms with Crippen molar-refractivity contribution in [2.45, 2.75) is 31.7 Å². The molecule has 0 amide bonds. The normalized spacial score (nSPS) is 16.2. The van der Waals surface area contributed by atoms with E-state index in [1.54, 1.807) is 0 Å². The molecule has 0 aliphatic heterocycles. The van der Waals surface area contributed by atoms with E-state index >= 15 is 0 Å². The lowest BCUT2D eigenvalue weighted by Gasteiger charge is -2.12. The van der Waals surface area contributed by atoms with Crippen LogP contribution in [0.2, 0.25) is 0 Å². The molecule has 0 saturated heterocycles. The number of aromatic nitrogens is 2. The van der Waals surface area contributed by atoms with Crippen LogP contribution in [0.4, 0.5) is 17.5 Å². The van der Waals surface area contributed by atoms with Crippen LogP contribution in [-0.4, -0.2) is 20.9 Å². The predicted molar refractivity (Wildman–Crippen MR) is 59.0 cm³/mol. The third kappa shape index (κ3) is 2.18. The van der Waals surface area contributed by atoms with Crippen molar-refractivity contribution < 1.29 is 4.92 Å². The molecule has 7 nitrogen and oxygen atoms in total. The van der Waals surface area contributed by atoms with Crippen molar-refractivity contribution in [3.8, 4) is 0 Å². The zero-order valence-electron chi connectivity index (χ0n) is 8.72. The van der Waals surface area contributed by atoms with E-state index < -0.39 is 4.92 Å². The molecule has 7 heteroatoms. The number of nitro groups is 1. The Morgan fingerprint density at radius 1 is 1.50 bits per heavy atom. The predicted octanol–water partition coefficient (Wildman–Crippen LogP) is 1.32. The Morgan fingerprint density at radius 2 is 2.19 bits per heavy atom. The molecule has 0 unspecified atom stereocenters. The molecule has 1 aliphatic rings. The van der Waals surface area contributed by atoms with Gasteiger partial charge in [-0.2, -0.15) is 4.98 Å². The molecule has 1 saturated carbocycles. The second-order valence-corrected chi connectivity index (χ2v) is 3.84. The van der Waals surface area contributed by atoms with E-state index in [-0.39, 0.29) is 23.5 Å². The first kappa shape index (κ1) is 10.6. The average molecular weight is 223 g/mol. The van der Waals surface area contributed by atoms with Gasteiger partial charge in [-0.3, -0.25) is 10.1 Å². The molecule has 0 aromatic carbocycles. The van der Waals surface area contributed by atoms with E-state index in [0.29, 0.717) is 0 Å². The van der Waals surface area contributed by atoms with Crippen molar-refractivity contribution in [1.82, 2.24) is 9.97 Å². The summed E-state index contributed by atoms with van der Waals surface area (Å²) in [6.45, 7) is 0. The Balaban J connectivity index is 2.22. The topological polar surface area (TPSA) is 107 Å². The van der Waals surface area contributed by atoms with Gasteiger partial charge in [0.05, 0.1) is 4.92 Å². The summed E-state index contributed by atoms with van der Waals surface area (Å²) in [6.07, 6.45) is 5.46. The number of hydrogen-bond acceptors (Lipinski definition) is 6. The molecule has 86 valence electrons. The van der Waals surface area contributed by atoms with Crippen LogP contribution in [0.5, 0.6) is 0 Å². The fourth-order valence-corrected chi connectivity index (χ4v) is 1.89. The molecular weight excluding hydrogens is 210 g/mol. The van der Waals surface area contributed by atoms with Gasteiger partial charge >= 0.3 is 5.69 Å². The third-order valence-electron chi connectivity index (χ3n) is 2.68. The Morgan fingerprint density at radius 3 is 2.81 bits per heavy atom. The molecule has 1 heterocycles. The van der Waals surface area contributed by atoms with Gasteiger partial charge < -0.3 is 11.1 Å². The van der Waals surface area contributed by atoms with E-state index in [1.807, 2.05) is 0 Å². The highest BCUT2D eigenvalue weighted by molar-refractivity contribution is 5.56. The van der Waals surface area contributed by atoms with E-state index in [1.165, 1.54) is 0 Å². The summed E-state index contributed by atoms with van der Waals surface area (Å²) < 4.78 is 0. The number of nitrogens with zero attached hydrogens (tertiary/aromatic N) is 3. The minimum Gasteiger partial charge on any atom is -0.368 e. The molecule has 0 bridgehead atoms. The van der Waals surface area contributed by atoms with Crippen LogP contribution in [0.15, 0.2) is 6.20 Å². The van der Waals surface area contributed by atoms with Crippen LogP contribution < -0.4 is 11.1 Å². The molecular formula is C9H13N5O2. The lowest BCUT2D eigenvalue weighted by Crippen LogP contribution is -2.17. The molecule has 1 aromatic heterocycles. The molecule has 1 fully saturated rings. The summed E-state index contributed by atoms with van der Waals surface area (Å²) in [7, 11) is 0. The Kier molecular flexibility index (Phi) is 2.84. The summed E-state index contributed by atoms with van der Waals surface area (Å²) in [5.41, 5.74) is 5.29. The number of nitrogen functional groups attached to an aromatic ring is 1. The van der Waals surface area contributed by atoms with Gasteiger partial charge in [0.1, 0.15) is 6.20 Å². The Bertz CT molecular complexity index is 403. The molecule has 0 spiro atoms. The quantitative estimate of drug-likeness (QED) is 0.591. The highest BCUT2D eigenvalue weighted by Gasteiger charge is 2.21. The lowest BCUT2D eigenvalue weighted by molar-refractivity contribution is -0.384. The van der Waals surface area contributed by atoms with Crippen LogP contribution in [0.3, 0.4) is 0 Å². The maximum atomic E-state index is 10.8. The molecule has 1 aliphatic carbocycles. The van der Waals surface area contributed by atoms with Crippen LogP contribution in [0.1, 0.15) is 25.7 Å². The van der Waals surface area contributed by atoms with Crippen LogP contribution in [0.25, 0.3) is 0 Å². The van der Waals surface area contributed by atoms with Crippen molar-refractivity contribution in [3.63, 3.8) is 0 Å². The van der Waals surface area contributed by atoms with E-state index in [9.17, 15) is 10.1 Å². The number of anilines is 2. The molecule has 1 aromatic rings. The lowest BCUT2D eigenvalue weighted by atomic mass is 10.2. The number of rotatable bonds is 3. The zero-order valence-corrected chi connectivity index (χ0v) is 8.72. The van der Waals surface area contributed by atoms with Gasteiger partial charge in [0, 0.05) is 6.04 Å². The third-order valence-corrected chi connectivity index (χ3v) is 2.68. The summed E-state index contributed by atoms with van der Waals surface area (Å²) in [5, 5.41) is 13.8. The molecule has 0 radical (unpaired) electrons. The van der Waals surface area contributed by atoms with Gasteiger partial charge in [0.25, 0.3) is 0 Å². The van der Waals surface area contributed by atoms with Crippen LogP contribution in [0, 0.1) is 10.1 Å². The Labute approximate surface area is 92.2 Å². The maximum absolute atomic E-state index is 10.8. The summed E-state index contributed by atoms with van der Waals surface area (Å²) >= 11 is 0. The van der Waals surface area contributed by atoms with E-state index in [4.69, 9.17) is 5.73 Å². The van der Waals surface area contributed by atoms with Crippen LogP contribution >= 0.6 is 0 Å². The maximum Gasteiger partial charge on any atom is 0.329 e. The zero-order chi connectivity index (χ0) is 11.5. The Hall–Kier alpha value is -1.92. The van der Waals surface area contributed by atoms with Crippen LogP contribution in [-0.2, 0) is 0 Å². The number of nitrogens with one attached hydrogen (secondary N) is 1. The monoisotopic (exact) mass is 223 g/mol. The van der Waals surface area contributed by atoms with Gasteiger partial charge in [-0.05, 0) is 12.8 Å². The first-order valence-corrected chi connectivity index (χ1v) is 5.20. The number of hydrogen-bond donors (Lipinski definition) is 2. The molecule has 16 heavy (non-hydrogen) atoms. The average Bonchev–Trinajstić information content (AvgIpc) is 2.70. The van der Waals surface area contributed by atoms with Gasteiger partial charge in [-0.1, -0.05) is 12.8 Å². The summed E-state index contributed by atoms with van der Waals surface area (Å²) in [6, 6.07) is 0.257. The minimum absolute atomic E-state index is 0.0473. The van der Waals surface area contributed by atoms with Crippen molar-refractivity contribution in [3.05, 3.63) is 16.3 Å². The largest absolute Gasteiger partial charge is 0.368 e. The fourth-order valence-electron chi connectivity index (χ4n) is 1.89. The second-order valence-electron chi connectivity index (χ2n) is 3.84. The van der Waals surface area contributed by atoms with Gasteiger partial charge in [0.15, 0.2) is 0 Å². The van der Waals surface area contributed by atoms with E-state index in [0.717, 1.165) is 31.9 Å². The first-order valence-electron chi connectivity index (χ1n) is 5.20. The summed E-state index contributed by atoms with van der Waals surface area (Å²) in [5.74, 6) is 0.274. The number of nitrogens with two attached hydrogens (primary N) is 1. The fraction of sp³-hybridized carbons (Fsp3) is 0.556. The molecule has 0 atom stereocenters. The standard InChI is InChI=1S/C9H13N5O2/c10-9-11-5-7(14(15)16)8(13-9)12-6-3-1-2-4-6/h5-6H,1-4H2,(H3,10,11,12,13). The smallest absolute Gasteiger partial charge is 0.329 e. The van der Waals surface area contributed by atoms with Crippen molar-refractivity contribution in [2.24, 2.45) is 0 Å². The summed E-state index contributed by atoms with van der Waals surface area (Å²) in [4.78, 5) is 17.7. The first-order chi connectivity index (χ1) is 7.66. The molecule has 2 rings (SSSR count). The van der Waals surface area contributed by atoms with Gasteiger partial charge in [-0.15, -0.1) is 0 Å².